The molecule has 2 atom stereocenters. The molecule has 1 saturated carbocycles. The summed E-state index contributed by atoms with van der Waals surface area (Å²) in [4.78, 5) is 29.1. The molecular weight excluding hydrogens is 557 g/mol. The monoisotopic (exact) mass is 591 g/mol. The topological polar surface area (TPSA) is 61.4 Å². The lowest BCUT2D eigenvalue weighted by Crippen LogP contribution is -2.46. The molecule has 0 bridgehead atoms. The van der Waals surface area contributed by atoms with Crippen LogP contribution in [0.4, 0.5) is 28.9 Å². The summed E-state index contributed by atoms with van der Waals surface area (Å²) in [6.45, 7) is 3.30. The zero-order chi connectivity index (χ0) is 30.9. The van der Waals surface area contributed by atoms with E-state index in [-0.39, 0.29) is 23.4 Å². The van der Waals surface area contributed by atoms with Crippen LogP contribution in [0.5, 0.6) is 0 Å². The molecule has 3 aromatic carbocycles. The van der Waals surface area contributed by atoms with Crippen LogP contribution in [0.2, 0.25) is 0 Å². The lowest BCUT2D eigenvalue weighted by atomic mass is 9.76. The Morgan fingerprint density at radius 3 is 2.26 bits per heavy atom. The molecule has 0 aromatic heterocycles. The number of rotatable bonds is 6. The summed E-state index contributed by atoms with van der Waals surface area (Å²) >= 11 is 0. The van der Waals surface area contributed by atoms with Crippen LogP contribution in [0, 0.1) is 25.6 Å². The Morgan fingerprint density at radius 1 is 0.930 bits per heavy atom. The third-order valence-corrected chi connectivity index (χ3v) is 8.62. The largest absolute Gasteiger partial charge is 0.416 e. The molecule has 5 nitrogen and oxygen atoms in total. The van der Waals surface area contributed by atoms with Crippen LogP contribution >= 0.6 is 0 Å². The average molecular weight is 591 g/mol. The number of aryl methyl sites for hydroxylation is 2. The number of halogens is 4. The number of nitrogens with one attached hydrogen (secondary N) is 2. The predicted octanol–water partition coefficient (Wildman–Crippen LogP) is 7.54. The second-order valence-corrected chi connectivity index (χ2v) is 11.8. The van der Waals surface area contributed by atoms with Crippen molar-refractivity contribution in [2.45, 2.75) is 70.0 Å². The number of nitrogens with zero attached hydrogens (tertiary/aromatic N) is 1. The fraction of sp³-hybridized carbons (Fsp3) is 0.394. The molecule has 2 amide bonds. The molecule has 224 valence electrons. The second kappa shape index (κ2) is 12.1. The standard InChI is InChI=1S/C33H34BF4N3O2/c1-20-10-13-24(19-26(20)33(36,37)38)39-30(42)25-8-6-18-41(31(43)28-21(2)7-5-9-27(28)35)29(25)22-11-14-23(15-12-22)40-32(34)16-3-4-17-32/h5,7,9-15,19,25,29,40H,3-4,6,8,16-18H2,1-2H3,(H,39,42)/t25-,29-/m0/s1. The molecule has 1 saturated heterocycles. The summed E-state index contributed by atoms with van der Waals surface area (Å²) in [5.41, 5.74) is 0.591. The van der Waals surface area contributed by atoms with Crippen LogP contribution < -0.4 is 10.6 Å². The Bertz CT molecular complexity index is 1480. The van der Waals surface area contributed by atoms with Crippen molar-refractivity contribution in [3.05, 3.63) is 94.3 Å². The maximum absolute atomic E-state index is 14.9. The summed E-state index contributed by atoms with van der Waals surface area (Å²) < 4.78 is 55.6. The zero-order valence-corrected chi connectivity index (χ0v) is 24.2. The number of carbonyl (C=O) groups excluding carboxylic acids is 2. The van der Waals surface area contributed by atoms with E-state index in [1.54, 1.807) is 13.0 Å². The third-order valence-electron chi connectivity index (χ3n) is 8.62. The molecule has 2 fully saturated rings. The van der Waals surface area contributed by atoms with Crippen molar-refractivity contribution in [1.29, 1.82) is 0 Å². The Hall–Kier alpha value is -3.82. The highest BCUT2D eigenvalue weighted by molar-refractivity contribution is 6.17. The molecule has 1 aliphatic carbocycles. The summed E-state index contributed by atoms with van der Waals surface area (Å²) in [6.07, 6.45) is 0.0511. The van der Waals surface area contributed by atoms with E-state index in [1.165, 1.54) is 36.1 Å². The molecule has 43 heavy (non-hydrogen) atoms. The maximum atomic E-state index is 14.9. The van der Waals surface area contributed by atoms with Crippen molar-refractivity contribution in [2.75, 3.05) is 17.2 Å². The number of carbonyl (C=O) groups is 2. The SMILES string of the molecule is [B]C1(Nc2ccc([C@H]3[C@@H](C(=O)Nc4ccc(C)c(C(F)(F)F)c4)CCCN3C(=O)c3c(C)cccc3F)cc2)CCCC1. The number of hydrogen-bond acceptors (Lipinski definition) is 3. The molecule has 0 unspecified atom stereocenters. The Kier molecular flexibility index (Phi) is 8.59. The molecule has 0 spiro atoms. The highest BCUT2D eigenvalue weighted by Crippen LogP contribution is 2.40. The van der Waals surface area contributed by atoms with Gasteiger partial charge in [-0.2, -0.15) is 13.2 Å². The molecule has 2 radical (unpaired) electrons. The zero-order valence-electron chi connectivity index (χ0n) is 24.2. The minimum absolute atomic E-state index is 0.0134. The first-order chi connectivity index (χ1) is 20.4. The van der Waals surface area contributed by atoms with Gasteiger partial charge in [-0.05, 0) is 92.0 Å². The Balaban J connectivity index is 1.49. The quantitative estimate of drug-likeness (QED) is 0.230. The van der Waals surface area contributed by atoms with Crippen LogP contribution in [-0.2, 0) is 11.0 Å². The van der Waals surface area contributed by atoms with Crippen LogP contribution in [0.3, 0.4) is 0 Å². The maximum Gasteiger partial charge on any atom is 0.416 e. The predicted molar refractivity (Wildman–Crippen MR) is 159 cm³/mol. The Labute approximate surface area is 250 Å². The van der Waals surface area contributed by atoms with Crippen molar-refractivity contribution in [2.24, 2.45) is 5.92 Å². The van der Waals surface area contributed by atoms with E-state index < -0.39 is 46.8 Å². The van der Waals surface area contributed by atoms with Gasteiger partial charge in [0.15, 0.2) is 0 Å². The van der Waals surface area contributed by atoms with Crippen molar-refractivity contribution in [3.8, 4) is 0 Å². The number of likely N-dealkylation sites (tertiary alicyclic amines) is 1. The first-order valence-electron chi connectivity index (χ1n) is 14.6. The lowest BCUT2D eigenvalue weighted by molar-refractivity contribution is -0.138. The molecule has 2 aliphatic rings. The molecule has 1 heterocycles. The minimum atomic E-state index is -4.57. The van der Waals surface area contributed by atoms with Crippen LogP contribution in [-0.4, -0.2) is 36.5 Å². The van der Waals surface area contributed by atoms with Gasteiger partial charge in [0.2, 0.25) is 5.91 Å². The lowest BCUT2D eigenvalue weighted by Gasteiger charge is -2.41. The fourth-order valence-electron chi connectivity index (χ4n) is 6.38. The summed E-state index contributed by atoms with van der Waals surface area (Å²) in [5.74, 6) is -2.51. The first-order valence-corrected chi connectivity index (χ1v) is 14.6. The molecule has 2 N–H and O–H groups in total. The van der Waals surface area contributed by atoms with E-state index in [4.69, 9.17) is 7.85 Å². The summed E-state index contributed by atoms with van der Waals surface area (Å²) in [7, 11) is 6.49. The van der Waals surface area contributed by atoms with Crippen LogP contribution in [0.25, 0.3) is 0 Å². The van der Waals surface area contributed by atoms with Gasteiger partial charge in [-0.15, -0.1) is 0 Å². The summed E-state index contributed by atoms with van der Waals surface area (Å²) in [5, 5.41) is 6.05. The van der Waals surface area contributed by atoms with E-state index in [0.29, 0.717) is 24.0 Å². The van der Waals surface area contributed by atoms with Gasteiger partial charge in [0.1, 0.15) is 13.7 Å². The normalized spacial score (nSPS) is 20.1. The number of alkyl halides is 3. The first kappa shape index (κ1) is 30.6. The van der Waals surface area contributed by atoms with E-state index >= 15 is 0 Å². The number of amides is 2. The number of piperidine rings is 1. The van der Waals surface area contributed by atoms with E-state index in [0.717, 1.165) is 37.4 Å². The minimum Gasteiger partial charge on any atom is -0.388 e. The molecule has 3 aromatic rings. The van der Waals surface area contributed by atoms with Crippen molar-refractivity contribution in [3.63, 3.8) is 0 Å². The number of benzene rings is 3. The smallest absolute Gasteiger partial charge is 0.388 e. The van der Waals surface area contributed by atoms with Crippen LogP contribution in [0.15, 0.2) is 60.7 Å². The van der Waals surface area contributed by atoms with E-state index in [2.05, 4.69) is 10.6 Å². The van der Waals surface area contributed by atoms with Gasteiger partial charge in [0.25, 0.3) is 5.91 Å². The van der Waals surface area contributed by atoms with Crippen molar-refractivity contribution in [1.82, 2.24) is 4.90 Å². The van der Waals surface area contributed by atoms with Gasteiger partial charge >= 0.3 is 6.18 Å². The number of hydrogen-bond donors (Lipinski definition) is 2. The van der Waals surface area contributed by atoms with Crippen molar-refractivity contribution >= 4 is 31.0 Å². The highest BCUT2D eigenvalue weighted by Gasteiger charge is 2.41. The highest BCUT2D eigenvalue weighted by atomic mass is 19.4. The molecular formula is C33H34BF4N3O2. The van der Waals surface area contributed by atoms with E-state index in [1.807, 2.05) is 24.3 Å². The van der Waals surface area contributed by atoms with Gasteiger partial charge in [-0.3, -0.25) is 9.59 Å². The third kappa shape index (κ3) is 6.58. The van der Waals surface area contributed by atoms with Gasteiger partial charge in [0, 0.05) is 17.9 Å². The number of anilines is 2. The Morgan fingerprint density at radius 2 is 1.60 bits per heavy atom. The fourth-order valence-corrected chi connectivity index (χ4v) is 6.38. The molecule has 1 aliphatic heterocycles. The van der Waals surface area contributed by atoms with Gasteiger partial charge in [-0.1, -0.05) is 43.2 Å². The van der Waals surface area contributed by atoms with E-state index in [9.17, 15) is 27.2 Å². The van der Waals surface area contributed by atoms with Gasteiger partial charge < -0.3 is 15.5 Å². The van der Waals surface area contributed by atoms with Gasteiger partial charge in [0.05, 0.1) is 23.1 Å². The van der Waals surface area contributed by atoms with Crippen LogP contribution in [0.1, 0.15) is 77.2 Å². The second-order valence-electron chi connectivity index (χ2n) is 11.8. The summed E-state index contributed by atoms with van der Waals surface area (Å²) in [6, 6.07) is 14.6. The molecule has 5 rings (SSSR count). The van der Waals surface area contributed by atoms with Crippen molar-refractivity contribution < 1.29 is 27.2 Å². The molecule has 10 heteroatoms. The van der Waals surface area contributed by atoms with Gasteiger partial charge in [-0.25, -0.2) is 4.39 Å². The average Bonchev–Trinajstić information content (AvgIpc) is 3.39.